The van der Waals surface area contributed by atoms with Crippen molar-refractivity contribution in [1.29, 1.82) is 0 Å². The van der Waals surface area contributed by atoms with Gasteiger partial charge in [-0.1, -0.05) is 48.5 Å². The number of rotatable bonds is 8. The van der Waals surface area contributed by atoms with Crippen LogP contribution in [0.2, 0.25) is 0 Å². The number of para-hydroxylation sites is 1. The molecule has 5 aromatic rings. The standard InChI is InChI=1S/C33H32F4N6O2S/c1-21-30(41-16-14-40(15-17-41)20-29-39-27-12-5-6-13-28(27)46-29)31(44)43(19-26(38)22-8-3-2-4-9-22)32(45)42(21)18-23-24(33(35,36)37)10-7-11-25(23)34/h2-13,26H,14-20,38H2,1H3/t26-/m1/s1. The van der Waals surface area contributed by atoms with Gasteiger partial charge >= 0.3 is 11.9 Å². The number of anilines is 1. The summed E-state index contributed by atoms with van der Waals surface area (Å²) < 4.78 is 59.8. The number of halogens is 4. The molecule has 2 N–H and O–H groups in total. The Hall–Kier alpha value is -4.33. The molecule has 46 heavy (non-hydrogen) atoms. The first kappa shape index (κ1) is 31.6. The first-order chi connectivity index (χ1) is 22.0. The smallest absolute Gasteiger partial charge is 0.363 e. The number of nitrogens with zero attached hydrogens (tertiary/aromatic N) is 5. The van der Waals surface area contributed by atoms with Crippen molar-refractivity contribution < 1.29 is 17.6 Å². The lowest BCUT2D eigenvalue weighted by Crippen LogP contribution is -2.51. The zero-order chi connectivity index (χ0) is 32.6. The van der Waals surface area contributed by atoms with E-state index in [1.807, 2.05) is 35.2 Å². The van der Waals surface area contributed by atoms with Crippen LogP contribution in [0.3, 0.4) is 0 Å². The molecule has 0 radical (unpaired) electrons. The summed E-state index contributed by atoms with van der Waals surface area (Å²) in [6, 6.07) is 18.8. The molecule has 0 spiro atoms. The largest absolute Gasteiger partial charge is 0.416 e. The third-order valence-electron chi connectivity index (χ3n) is 8.39. The Kier molecular flexibility index (Phi) is 8.82. The van der Waals surface area contributed by atoms with Crippen LogP contribution in [0.1, 0.15) is 33.4 Å². The maximum atomic E-state index is 15.0. The summed E-state index contributed by atoms with van der Waals surface area (Å²) in [5.74, 6) is -1.09. The summed E-state index contributed by atoms with van der Waals surface area (Å²) in [5.41, 5.74) is 5.08. The number of aromatic nitrogens is 3. The van der Waals surface area contributed by atoms with E-state index in [2.05, 4.69) is 4.90 Å². The lowest BCUT2D eigenvalue weighted by molar-refractivity contribution is -0.138. The SMILES string of the molecule is Cc1c(N2CCN(Cc3nc4ccccc4s3)CC2)c(=O)n(C[C@@H](N)c2ccccc2)c(=O)n1Cc1c(F)cccc1C(F)(F)F. The molecule has 240 valence electrons. The van der Waals surface area contributed by atoms with Crippen molar-refractivity contribution in [2.75, 3.05) is 31.1 Å². The average molecular weight is 653 g/mol. The number of fused-ring (bicyclic) bond motifs is 1. The van der Waals surface area contributed by atoms with Gasteiger partial charge in [0.25, 0.3) is 5.56 Å². The van der Waals surface area contributed by atoms with Crippen LogP contribution in [0, 0.1) is 12.7 Å². The van der Waals surface area contributed by atoms with Gasteiger partial charge in [-0.05, 0) is 36.8 Å². The van der Waals surface area contributed by atoms with Gasteiger partial charge < -0.3 is 10.6 Å². The third-order valence-corrected chi connectivity index (χ3v) is 9.41. The highest BCUT2D eigenvalue weighted by atomic mass is 32.1. The molecule has 1 fully saturated rings. The van der Waals surface area contributed by atoms with Gasteiger partial charge in [-0.3, -0.25) is 18.8 Å². The molecule has 1 aliphatic rings. The molecule has 0 unspecified atom stereocenters. The lowest BCUT2D eigenvalue weighted by atomic mass is 10.1. The van der Waals surface area contributed by atoms with Gasteiger partial charge in [-0.15, -0.1) is 11.3 Å². The molecule has 13 heteroatoms. The molecule has 0 bridgehead atoms. The average Bonchev–Trinajstić information content (AvgIpc) is 3.45. The number of nitrogens with two attached hydrogens (primary N) is 1. The Morgan fingerprint density at radius 3 is 2.28 bits per heavy atom. The predicted octanol–water partition coefficient (Wildman–Crippen LogP) is 5.16. The van der Waals surface area contributed by atoms with Crippen molar-refractivity contribution in [2.45, 2.75) is 38.8 Å². The second-order valence-electron chi connectivity index (χ2n) is 11.3. The minimum Gasteiger partial charge on any atom is -0.363 e. The zero-order valence-electron chi connectivity index (χ0n) is 25.0. The topological polar surface area (TPSA) is 89.4 Å². The summed E-state index contributed by atoms with van der Waals surface area (Å²) in [6.07, 6.45) is -4.85. The highest BCUT2D eigenvalue weighted by Gasteiger charge is 2.35. The number of hydrogen-bond donors (Lipinski definition) is 1. The van der Waals surface area contributed by atoms with E-state index in [9.17, 15) is 27.2 Å². The highest BCUT2D eigenvalue weighted by molar-refractivity contribution is 7.18. The van der Waals surface area contributed by atoms with E-state index in [0.29, 0.717) is 38.3 Å². The molecule has 0 aliphatic carbocycles. The van der Waals surface area contributed by atoms with E-state index in [1.54, 1.807) is 35.6 Å². The summed E-state index contributed by atoms with van der Waals surface area (Å²) in [7, 11) is 0. The molecule has 3 aromatic carbocycles. The quantitative estimate of drug-likeness (QED) is 0.233. The van der Waals surface area contributed by atoms with Crippen LogP contribution >= 0.6 is 11.3 Å². The van der Waals surface area contributed by atoms with Crippen molar-refractivity contribution in [3.8, 4) is 0 Å². The Morgan fingerprint density at radius 2 is 1.59 bits per heavy atom. The van der Waals surface area contributed by atoms with E-state index < -0.39 is 47.0 Å². The molecule has 2 aromatic heterocycles. The number of hydrogen-bond acceptors (Lipinski definition) is 7. The molecule has 0 saturated carbocycles. The highest BCUT2D eigenvalue weighted by Crippen LogP contribution is 2.34. The van der Waals surface area contributed by atoms with Gasteiger partial charge in [-0.2, -0.15) is 13.2 Å². The third kappa shape index (κ3) is 6.35. The van der Waals surface area contributed by atoms with Crippen molar-refractivity contribution in [2.24, 2.45) is 5.73 Å². The monoisotopic (exact) mass is 652 g/mol. The lowest BCUT2D eigenvalue weighted by Gasteiger charge is -2.36. The molecular formula is C33H32F4N6O2S. The molecule has 1 aliphatic heterocycles. The van der Waals surface area contributed by atoms with Gasteiger partial charge in [0.1, 0.15) is 16.5 Å². The van der Waals surface area contributed by atoms with E-state index in [1.165, 1.54) is 6.92 Å². The molecule has 8 nitrogen and oxygen atoms in total. The fraction of sp³-hybridized carbons (Fsp3) is 0.303. The van der Waals surface area contributed by atoms with Crippen LogP contribution < -0.4 is 21.9 Å². The minimum atomic E-state index is -4.85. The Labute approximate surface area is 265 Å². The van der Waals surface area contributed by atoms with Crippen LogP contribution in [0.15, 0.2) is 82.4 Å². The predicted molar refractivity (Wildman–Crippen MR) is 171 cm³/mol. The first-order valence-corrected chi connectivity index (χ1v) is 15.6. The van der Waals surface area contributed by atoms with Crippen molar-refractivity contribution in [3.05, 3.63) is 127 Å². The minimum absolute atomic E-state index is 0.163. The normalized spacial score (nSPS) is 15.0. The summed E-state index contributed by atoms with van der Waals surface area (Å²) in [6.45, 7) is 3.25. The molecule has 3 heterocycles. The van der Waals surface area contributed by atoms with Gasteiger partial charge in [0.15, 0.2) is 0 Å². The van der Waals surface area contributed by atoms with E-state index in [4.69, 9.17) is 10.7 Å². The second kappa shape index (κ2) is 12.8. The van der Waals surface area contributed by atoms with Crippen LogP contribution in [-0.2, 0) is 25.8 Å². The molecule has 0 amide bonds. The Morgan fingerprint density at radius 1 is 0.891 bits per heavy atom. The fourth-order valence-corrected chi connectivity index (χ4v) is 6.96. The second-order valence-corrected chi connectivity index (χ2v) is 12.5. The number of piperazine rings is 1. The maximum Gasteiger partial charge on any atom is 0.416 e. The number of benzene rings is 3. The maximum absolute atomic E-state index is 15.0. The van der Waals surface area contributed by atoms with E-state index >= 15 is 0 Å². The molecule has 6 rings (SSSR count). The first-order valence-electron chi connectivity index (χ1n) is 14.8. The van der Waals surface area contributed by atoms with Gasteiger partial charge in [-0.25, -0.2) is 14.2 Å². The number of alkyl halides is 3. The fourth-order valence-electron chi connectivity index (χ4n) is 5.95. The van der Waals surface area contributed by atoms with Crippen molar-refractivity contribution >= 4 is 27.2 Å². The van der Waals surface area contributed by atoms with Gasteiger partial charge in [0.05, 0.1) is 35.4 Å². The Balaban J connectivity index is 1.35. The van der Waals surface area contributed by atoms with Crippen molar-refractivity contribution in [3.63, 3.8) is 0 Å². The van der Waals surface area contributed by atoms with Gasteiger partial charge in [0.2, 0.25) is 0 Å². The van der Waals surface area contributed by atoms with E-state index in [0.717, 1.165) is 42.6 Å². The summed E-state index contributed by atoms with van der Waals surface area (Å²) in [5, 5.41) is 0.974. The Bertz CT molecular complexity index is 1950. The van der Waals surface area contributed by atoms with Crippen molar-refractivity contribution in [1.82, 2.24) is 19.0 Å². The van der Waals surface area contributed by atoms with Crippen LogP contribution in [0.5, 0.6) is 0 Å². The van der Waals surface area contributed by atoms with E-state index in [-0.39, 0.29) is 17.9 Å². The van der Waals surface area contributed by atoms with Crippen LogP contribution in [0.4, 0.5) is 23.2 Å². The number of thiazole rings is 1. The molecule has 1 saturated heterocycles. The molecule has 1 atom stereocenters. The van der Waals surface area contributed by atoms with Gasteiger partial charge in [0, 0.05) is 43.5 Å². The summed E-state index contributed by atoms with van der Waals surface area (Å²) >= 11 is 1.63. The summed E-state index contributed by atoms with van der Waals surface area (Å²) in [4.78, 5) is 36.7. The van der Waals surface area contributed by atoms with Crippen LogP contribution in [0.25, 0.3) is 10.2 Å². The van der Waals surface area contributed by atoms with Crippen LogP contribution in [-0.4, -0.2) is 45.2 Å². The zero-order valence-corrected chi connectivity index (χ0v) is 25.8. The molecular weight excluding hydrogens is 620 g/mol.